The van der Waals surface area contributed by atoms with E-state index in [0.29, 0.717) is 5.13 Å². The van der Waals surface area contributed by atoms with Gasteiger partial charge in [-0.15, -0.1) is 11.3 Å². The topological polar surface area (TPSA) is 51.2 Å². The number of amides is 1. The number of nitrogens with zero attached hydrogens (tertiary/aromatic N) is 1. The third-order valence-electron chi connectivity index (χ3n) is 3.92. The van der Waals surface area contributed by atoms with Crippen molar-refractivity contribution < 1.29 is 9.53 Å². The first-order valence-electron chi connectivity index (χ1n) is 8.40. The molecule has 3 rings (SSSR count). The normalized spacial score (nSPS) is 10.7. The number of hydrogen-bond acceptors (Lipinski definition) is 4. The van der Waals surface area contributed by atoms with Gasteiger partial charge in [0, 0.05) is 19.4 Å². The first kappa shape index (κ1) is 20.0. The summed E-state index contributed by atoms with van der Waals surface area (Å²) >= 11 is 8.34. The molecule has 3 aromatic rings. The van der Waals surface area contributed by atoms with E-state index in [0.717, 1.165) is 42.8 Å². The number of ether oxygens (including phenoxy) is 1. The lowest BCUT2D eigenvalue weighted by Crippen LogP contribution is -2.20. The van der Waals surface area contributed by atoms with Crippen LogP contribution in [0.5, 0.6) is 5.75 Å². The summed E-state index contributed by atoms with van der Waals surface area (Å²) < 4.78 is 7.70. The van der Waals surface area contributed by atoms with E-state index in [4.69, 9.17) is 4.74 Å². The first-order chi connectivity index (χ1) is 13.0. The zero-order chi connectivity index (χ0) is 19.4. The Morgan fingerprint density at radius 3 is 2.56 bits per heavy atom. The summed E-state index contributed by atoms with van der Waals surface area (Å²) in [4.78, 5) is 17.9. The quantitative estimate of drug-likeness (QED) is 0.429. The Balaban J connectivity index is 1.65. The average Bonchev–Trinajstić information content (AvgIpc) is 3.01. The molecule has 0 bridgehead atoms. The number of thiazole rings is 1. The van der Waals surface area contributed by atoms with Crippen molar-refractivity contribution in [2.75, 3.05) is 11.9 Å². The number of rotatable bonds is 6. The number of carbonyl (C=O) groups excluding carboxylic acids is 1. The maximum atomic E-state index is 12.3. The minimum atomic E-state index is -0.226. The van der Waals surface area contributed by atoms with Crippen LogP contribution in [0.15, 0.2) is 51.4 Å². The number of nitrogens with one attached hydrogen (secondary N) is 1. The second kappa shape index (κ2) is 8.99. The Bertz CT molecular complexity index is 955. The minimum Gasteiger partial charge on any atom is -0.483 e. The van der Waals surface area contributed by atoms with Gasteiger partial charge < -0.3 is 4.74 Å². The fourth-order valence-electron chi connectivity index (χ4n) is 2.59. The van der Waals surface area contributed by atoms with Crippen LogP contribution in [0.1, 0.15) is 17.4 Å². The maximum absolute atomic E-state index is 12.3. The van der Waals surface area contributed by atoms with Crippen molar-refractivity contribution in [2.24, 2.45) is 0 Å². The predicted octanol–water partition coefficient (Wildman–Crippen LogP) is 6.22. The predicted molar refractivity (Wildman–Crippen MR) is 118 cm³/mol. The Morgan fingerprint density at radius 2 is 1.85 bits per heavy atom. The zero-order valence-electron chi connectivity index (χ0n) is 14.9. The lowest BCUT2D eigenvalue weighted by molar-refractivity contribution is -0.118. The van der Waals surface area contributed by atoms with Crippen molar-refractivity contribution in [3.8, 4) is 17.0 Å². The van der Waals surface area contributed by atoms with Crippen LogP contribution < -0.4 is 10.1 Å². The molecular weight excluding hydrogens is 492 g/mol. The number of benzene rings is 2. The highest BCUT2D eigenvalue weighted by Gasteiger charge is 2.13. The Morgan fingerprint density at radius 1 is 1.15 bits per heavy atom. The van der Waals surface area contributed by atoms with Crippen LogP contribution in [0.3, 0.4) is 0 Å². The van der Waals surface area contributed by atoms with E-state index in [9.17, 15) is 4.79 Å². The van der Waals surface area contributed by atoms with Crippen LogP contribution in [0.2, 0.25) is 0 Å². The molecule has 2 aromatic carbocycles. The summed E-state index contributed by atoms with van der Waals surface area (Å²) in [5, 5.41) is 3.40. The standard InChI is InChI=1S/C20H18Br2N2O2S/c1-3-13-10-16(22)8-9-17(13)26-11-18(25)23-20-24-19(12(2)27-20)14-4-6-15(21)7-5-14/h4-10H,3,11H2,1-2H3,(H,23,24,25). The van der Waals surface area contributed by atoms with Crippen molar-refractivity contribution >= 4 is 54.2 Å². The minimum absolute atomic E-state index is 0.0547. The van der Waals surface area contributed by atoms with E-state index in [1.807, 2.05) is 49.4 Å². The second-order valence-electron chi connectivity index (χ2n) is 5.87. The third kappa shape index (κ3) is 5.18. The monoisotopic (exact) mass is 508 g/mol. The maximum Gasteiger partial charge on any atom is 0.264 e. The summed E-state index contributed by atoms with van der Waals surface area (Å²) in [6, 6.07) is 13.7. The van der Waals surface area contributed by atoms with Gasteiger partial charge >= 0.3 is 0 Å². The largest absolute Gasteiger partial charge is 0.483 e. The van der Waals surface area contributed by atoms with Gasteiger partial charge in [0.1, 0.15) is 5.75 Å². The molecule has 0 aliphatic heterocycles. The molecule has 0 saturated carbocycles. The summed E-state index contributed by atoms with van der Waals surface area (Å²) in [5.41, 5.74) is 2.95. The number of carbonyl (C=O) groups is 1. The third-order valence-corrected chi connectivity index (χ3v) is 5.83. The van der Waals surface area contributed by atoms with Crippen molar-refractivity contribution in [1.82, 2.24) is 4.98 Å². The van der Waals surface area contributed by atoms with Crippen molar-refractivity contribution in [1.29, 1.82) is 0 Å². The number of hydrogen-bond donors (Lipinski definition) is 1. The fourth-order valence-corrected chi connectivity index (χ4v) is 4.11. The van der Waals surface area contributed by atoms with E-state index in [-0.39, 0.29) is 12.5 Å². The van der Waals surface area contributed by atoms with Crippen LogP contribution in [-0.2, 0) is 11.2 Å². The Labute approximate surface area is 179 Å². The molecule has 1 amide bonds. The number of aromatic nitrogens is 1. The van der Waals surface area contributed by atoms with Gasteiger partial charge in [0.05, 0.1) is 5.69 Å². The highest BCUT2D eigenvalue weighted by molar-refractivity contribution is 9.10. The molecule has 7 heteroatoms. The van der Waals surface area contributed by atoms with Crippen LogP contribution in [0.4, 0.5) is 5.13 Å². The van der Waals surface area contributed by atoms with Gasteiger partial charge in [-0.1, -0.05) is 50.9 Å². The number of anilines is 1. The van der Waals surface area contributed by atoms with Gasteiger partial charge in [-0.2, -0.15) is 0 Å². The van der Waals surface area contributed by atoms with Crippen LogP contribution in [-0.4, -0.2) is 17.5 Å². The summed E-state index contributed by atoms with van der Waals surface area (Å²) in [6.45, 7) is 3.99. The molecule has 1 aromatic heterocycles. The van der Waals surface area contributed by atoms with E-state index >= 15 is 0 Å². The van der Waals surface area contributed by atoms with Gasteiger partial charge in [-0.25, -0.2) is 4.98 Å². The van der Waals surface area contributed by atoms with E-state index in [2.05, 4.69) is 49.1 Å². The highest BCUT2D eigenvalue weighted by atomic mass is 79.9. The van der Waals surface area contributed by atoms with Crippen LogP contribution in [0, 0.1) is 6.92 Å². The highest BCUT2D eigenvalue weighted by Crippen LogP contribution is 2.31. The van der Waals surface area contributed by atoms with Gasteiger partial charge in [0.15, 0.2) is 11.7 Å². The molecule has 0 aliphatic carbocycles. The molecule has 0 radical (unpaired) electrons. The van der Waals surface area contributed by atoms with Crippen molar-refractivity contribution in [3.63, 3.8) is 0 Å². The molecule has 0 unspecified atom stereocenters. The summed E-state index contributed by atoms with van der Waals surface area (Å²) in [5.74, 6) is 0.498. The molecule has 0 fully saturated rings. The van der Waals surface area contributed by atoms with Gasteiger partial charge in [-0.3, -0.25) is 10.1 Å². The number of aryl methyl sites for hydroxylation is 2. The lowest BCUT2D eigenvalue weighted by atomic mass is 10.1. The Hall–Kier alpha value is -1.70. The smallest absolute Gasteiger partial charge is 0.264 e. The van der Waals surface area contributed by atoms with E-state index in [1.165, 1.54) is 11.3 Å². The van der Waals surface area contributed by atoms with Gasteiger partial charge in [0.2, 0.25) is 0 Å². The van der Waals surface area contributed by atoms with E-state index in [1.54, 1.807) is 0 Å². The molecule has 0 saturated heterocycles. The molecule has 4 nitrogen and oxygen atoms in total. The summed E-state index contributed by atoms with van der Waals surface area (Å²) in [7, 11) is 0. The van der Waals surface area contributed by atoms with Crippen LogP contribution in [0.25, 0.3) is 11.3 Å². The van der Waals surface area contributed by atoms with Crippen molar-refractivity contribution in [3.05, 3.63) is 61.9 Å². The molecular formula is C20H18Br2N2O2S. The second-order valence-corrected chi connectivity index (χ2v) is 8.91. The molecule has 0 spiro atoms. The SMILES string of the molecule is CCc1cc(Br)ccc1OCC(=O)Nc1nc(-c2ccc(Br)cc2)c(C)s1. The van der Waals surface area contributed by atoms with Gasteiger partial charge in [0.25, 0.3) is 5.91 Å². The first-order valence-corrected chi connectivity index (χ1v) is 10.8. The molecule has 0 aliphatic rings. The van der Waals surface area contributed by atoms with Gasteiger partial charge in [-0.05, 0) is 49.2 Å². The lowest BCUT2D eigenvalue weighted by Gasteiger charge is -2.10. The molecule has 0 atom stereocenters. The molecule has 27 heavy (non-hydrogen) atoms. The van der Waals surface area contributed by atoms with Crippen LogP contribution >= 0.6 is 43.2 Å². The zero-order valence-corrected chi connectivity index (χ0v) is 18.9. The number of halogens is 2. The molecule has 1 heterocycles. The molecule has 140 valence electrons. The summed E-state index contributed by atoms with van der Waals surface area (Å²) in [6.07, 6.45) is 0.832. The fraction of sp³-hybridized carbons (Fsp3) is 0.200. The molecule has 1 N–H and O–H groups in total. The Kier molecular flexibility index (Phi) is 6.68. The average molecular weight is 510 g/mol. The van der Waals surface area contributed by atoms with E-state index < -0.39 is 0 Å². The van der Waals surface area contributed by atoms with Crippen molar-refractivity contribution in [2.45, 2.75) is 20.3 Å².